The fourth-order valence-corrected chi connectivity index (χ4v) is 2.39. The minimum Gasteiger partial charge on any atom is -0.480 e. The van der Waals surface area contributed by atoms with Crippen LogP contribution in [0.3, 0.4) is 0 Å². The molecule has 2 aromatic carbocycles. The number of fused-ring (bicyclic) bond motifs is 1. The van der Waals surface area contributed by atoms with Crippen molar-refractivity contribution in [3.05, 3.63) is 47.5 Å². The van der Waals surface area contributed by atoms with Gasteiger partial charge in [-0.1, -0.05) is 23.7 Å². The van der Waals surface area contributed by atoms with Crippen molar-refractivity contribution < 1.29 is 28.5 Å². The Morgan fingerprint density at radius 3 is 2.77 bits per heavy atom. The van der Waals surface area contributed by atoms with E-state index in [1.165, 1.54) is 6.92 Å². The van der Waals surface area contributed by atoms with Crippen molar-refractivity contribution in [3.63, 3.8) is 0 Å². The highest BCUT2D eigenvalue weighted by Crippen LogP contribution is 2.34. The van der Waals surface area contributed by atoms with E-state index >= 15 is 0 Å². The summed E-state index contributed by atoms with van der Waals surface area (Å²) in [5.41, 5.74) is 0.509. The van der Waals surface area contributed by atoms with Gasteiger partial charge in [0.05, 0.1) is 5.02 Å². The van der Waals surface area contributed by atoms with E-state index in [4.69, 9.17) is 30.5 Å². The van der Waals surface area contributed by atoms with Crippen LogP contribution in [-0.4, -0.2) is 31.4 Å². The molecule has 26 heavy (non-hydrogen) atoms. The predicted octanol–water partition coefficient (Wildman–Crippen LogP) is 3.02. The SMILES string of the molecule is C[C@H](OC(=O)COc1ccccc1Cl)C(=O)Nc1ccc2c(c1)OCO2. The number of carbonyl (C=O) groups is 2. The Labute approximate surface area is 154 Å². The Morgan fingerprint density at radius 2 is 1.96 bits per heavy atom. The number of anilines is 1. The van der Waals surface area contributed by atoms with Gasteiger partial charge in [0.2, 0.25) is 6.79 Å². The lowest BCUT2D eigenvalue weighted by molar-refractivity contribution is -0.155. The van der Waals surface area contributed by atoms with E-state index in [1.807, 2.05) is 0 Å². The molecule has 3 rings (SSSR count). The van der Waals surface area contributed by atoms with E-state index < -0.39 is 18.0 Å². The number of carbonyl (C=O) groups excluding carboxylic acids is 2. The van der Waals surface area contributed by atoms with Gasteiger partial charge in [-0.25, -0.2) is 4.79 Å². The number of ether oxygens (including phenoxy) is 4. The Morgan fingerprint density at radius 1 is 1.19 bits per heavy atom. The fourth-order valence-electron chi connectivity index (χ4n) is 2.20. The average molecular weight is 378 g/mol. The summed E-state index contributed by atoms with van der Waals surface area (Å²) < 4.78 is 20.8. The second-order valence-corrected chi connectivity index (χ2v) is 5.82. The third-order valence-corrected chi connectivity index (χ3v) is 3.81. The van der Waals surface area contributed by atoms with Crippen LogP contribution in [0.15, 0.2) is 42.5 Å². The molecule has 0 aliphatic carbocycles. The van der Waals surface area contributed by atoms with Crippen molar-refractivity contribution in [3.8, 4) is 17.2 Å². The van der Waals surface area contributed by atoms with Crippen LogP contribution in [0.1, 0.15) is 6.92 Å². The van der Waals surface area contributed by atoms with Gasteiger partial charge in [-0.15, -0.1) is 0 Å². The summed E-state index contributed by atoms with van der Waals surface area (Å²) in [6, 6.07) is 11.7. The van der Waals surface area contributed by atoms with Crippen molar-refractivity contribution in [2.45, 2.75) is 13.0 Å². The Hall–Kier alpha value is -2.93. The summed E-state index contributed by atoms with van der Waals surface area (Å²) in [5, 5.41) is 3.03. The first kappa shape index (κ1) is 17.9. The minimum atomic E-state index is -0.997. The lowest BCUT2D eigenvalue weighted by Gasteiger charge is -2.14. The van der Waals surface area contributed by atoms with Gasteiger partial charge in [0.25, 0.3) is 5.91 Å². The lowest BCUT2D eigenvalue weighted by atomic mass is 10.2. The monoisotopic (exact) mass is 377 g/mol. The molecule has 136 valence electrons. The topological polar surface area (TPSA) is 83.1 Å². The number of hydrogen-bond donors (Lipinski definition) is 1. The number of hydrogen-bond acceptors (Lipinski definition) is 6. The molecule has 2 aromatic rings. The second-order valence-electron chi connectivity index (χ2n) is 5.41. The van der Waals surface area contributed by atoms with Crippen LogP contribution in [0.2, 0.25) is 5.02 Å². The third-order valence-electron chi connectivity index (χ3n) is 3.50. The van der Waals surface area contributed by atoms with Gasteiger partial charge in [0.15, 0.2) is 24.2 Å². The van der Waals surface area contributed by atoms with Crippen LogP contribution in [0.4, 0.5) is 5.69 Å². The largest absolute Gasteiger partial charge is 0.480 e. The van der Waals surface area contributed by atoms with E-state index in [-0.39, 0.29) is 13.4 Å². The van der Waals surface area contributed by atoms with Crippen molar-refractivity contribution in [2.75, 3.05) is 18.7 Å². The van der Waals surface area contributed by atoms with Gasteiger partial charge in [-0.05, 0) is 31.2 Å². The molecule has 8 heteroatoms. The summed E-state index contributed by atoms with van der Waals surface area (Å²) in [6.07, 6.45) is -0.997. The predicted molar refractivity (Wildman–Crippen MR) is 93.7 cm³/mol. The number of para-hydroxylation sites is 1. The highest BCUT2D eigenvalue weighted by molar-refractivity contribution is 6.32. The maximum atomic E-state index is 12.2. The molecule has 1 N–H and O–H groups in total. The molecule has 0 unspecified atom stereocenters. The summed E-state index contributed by atoms with van der Waals surface area (Å²) in [5.74, 6) is 0.358. The molecule has 0 fully saturated rings. The van der Waals surface area contributed by atoms with E-state index in [0.717, 1.165) is 0 Å². The molecule has 1 aliphatic heterocycles. The first-order chi connectivity index (χ1) is 12.5. The van der Waals surface area contributed by atoms with Gasteiger partial charge >= 0.3 is 5.97 Å². The van der Waals surface area contributed by atoms with Crippen molar-refractivity contribution in [2.24, 2.45) is 0 Å². The van der Waals surface area contributed by atoms with E-state index in [9.17, 15) is 9.59 Å². The zero-order valence-corrected chi connectivity index (χ0v) is 14.6. The number of rotatable bonds is 6. The molecule has 0 saturated carbocycles. The molecule has 0 saturated heterocycles. The molecule has 1 atom stereocenters. The summed E-state index contributed by atoms with van der Waals surface area (Å²) >= 11 is 5.93. The molecular weight excluding hydrogens is 362 g/mol. The highest BCUT2D eigenvalue weighted by atomic mass is 35.5. The van der Waals surface area contributed by atoms with Gasteiger partial charge in [0, 0.05) is 11.8 Å². The number of nitrogens with one attached hydrogen (secondary N) is 1. The molecule has 1 aliphatic rings. The molecule has 1 heterocycles. The summed E-state index contributed by atoms with van der Waals surface area (Å²) in [6.45, 7) is 1.26. The Kier molecular flexibility index (Phi) is 5.48. The van der Waals surface area contributed by atoms with E-state index in [1.54, 1.807) is 42.5 Å². The van der Waals surface area contributed by atoms with Crippen LogP contribution >= 0.6 is 11.6 Å². The highest BCUT2D eigenvalue weighted by Gasteiger charge is 2.20. The van der Waals surface area contributed by atoms with Crippen LogP contribution in [-0.2, 0) is 14.3 Å². The van der Waals surface area contributed by atoms with Crippen LogP contribution in [0, 0.1) is 0 Å². The van der Waals surface area contributed by atoms with E-state index in [0.29, 0.717) is 28.0 Å². The van der Waals surface area contributed by atoms with E-state index in [2.05, 4.69) is 5.32 Å². The molecule has 0 radical (unpaired) electrons. The Balaban J connectivity index is 1.49. The van der Waals surface area contributed by atoms with Gasteiger partial charge in [-0.2, -0.15) is 0 Å². The molecular formula is C18H16ClNO6. The quantitative estimate of drug-likeness (QED) is 0.779. The van der Waals surface area contributed by atoms with Gasteiger partial charge in [0.1, 0.15) is 5.75 Å². The number of benzene rings is 2. The standard InChI is InChI=1S/C18H16ClNO6/c1-11(26-17(21)9-23-14-5-3-2-4-13(14)19)18(22)20-12-6-7-15-16(8-12)25-10-24-15/h2-8,11H,9-10H2,1H3,(H,20,22)/t11-/m0/s1. The Bertz CT molecular complexity index is 825. The second kappa shape index (κ2) is 7.97. The molecule has 7 nitrogen and oxygen atoms in total. The first-order valence-electron chi connectivity index (χ1n) is 7.80. The summed E-state index contributed by atoms with van der Waals surface area (Å²) in [7, 11) is 0. The zero-order chi connectivity index (χ0) is 18.5. The first-order valence-corrected chi connectivity index (χ1v) is 8.18. The maximum Gasteiger partial charge on any atom is 0.344 e. The zero-order valence-electron chi connectivity index (χ0n) is 13.9. The number of amides is 1. The average Bonchev–Trinajstić information content (AvgIpc) is 3.08. The van der Waals surface area contributed by atoms with Gasteiger partial charge in [-0.3, -0.25) is 4.79 Å². The molecule has 0 aromatic heterocycles. The molecule has 0 bridgehead atoms. The summed E-state index contributed by atoms with van der Waals surface area (Å²) in [4.78, 5) is 24.0. The van der Waals surface area contributed by atoms with Crippen molar-refractivity contribution in [1.82, 2.24) is 0 Å². The number of halogens is 1. The normalized spacial score (nSPS) is 13.0. The van der Waals surface area contributed by atoms with Gasteiger partial charge < -0.3 is 24.3 Å². The van der Waals surface area contributed by atoms with Crippen LogP contribution < -0.4 is 19.5 Å². The molecule has 1 amide bonds. The number of esters is 1. The minimum absolute atomic E-state index is 0.145. The fraction of sp³-hybridized carbons (Fsp3) is 0.222. The van der Waals surface area contributed by atoms with Crippen LogP contribution in [0.5, 0.6) is 17.2 Å². The smallest absolute Gasteiger partial charge is 0.344 e. The maximum absolute atomic E-state index is 12.2. The van der Waals surface area contributed by atoms with Crippen molar-refractivity contribution >= 4 is 29.2 Å². The van der Waals surface area contributed by atoms with Crippen molar-refractivity contribution in [1.29, 1.82) is 0 Å². The van der Waals surface area contributed by atoms with Crippen LogP contribution in [0.25, 0.3) is 0 Å². The third kappa shape index (κ3) is 4.37. The lowest BCUT2D eigenvalue weighted by Crippen LogP contribution is -2.31. The molecule has 0 spiro atoms.